The molecule has 1 saturated carbocycles. The second-order valence-corrected chi connectivity index (χ2v) is 7.58. The summed E-state index contributed by atoms with van der Waals surface area (Å²) in [6.45, 7) is 0.587. The molecule has 20 heavy (non-hydrogen) atoms. The number of nitrogens with zero attached hydrogens (tertiary/aromatic N) is 1. The Labute approximate surface area is 126 Å². The molecule has 0 atom stereocenters. The molecule has 112 valence electrons. The minimum absolute atomic E-state index is 0. The van der Waals surface area contributed by atoms with Crippen LogP contribution in [-0.4, -0.2) is 20.7 Å². The largest absolute Gasteiger partial charge is 0.398 e. The summed E-state index contributed by atoms with van der Waals surface area (Å²) in [5.41, 5.74) is 8.45. The van der Waals surface area contributed by atoms with Crippen LogP contribution in [0.1, 0.15) is 31.2 Å². The van der Waals surface area contributed by atoms with Crippen LogP contribution in [0.5, 0.6) is 0 Å². The molecule has 0 aromatic heterocycles. The molecule has 0 bridgehead atoms. The number of benzene rings is 1. The van der Waals surface area contributed by atoms with Gasteiger partial charge in [0.15, 0.2) is 0 Å². The number of hydrogen-bond donors (Lipinski definition) is 1. The van der Waals surface area contributed by atoms with Crippen molar-refractivity contribution in [2.24, 2.45) is 5.92 Å². The molecule has 1 aliphatic heterocycles. The van der Waals surface area contributed by atoms with E-state index in [-0.39, 0.29) is 18.2 Å². The zero-order valence-corrected chi connectivity index (χ0v) is 13.0. The van der Waals surface area contributed by atoms with Crippen molar-refractivity contribution in [1.29, 1.82) is 0 Å². The first-order valence-electron chi connectivity index (χ1n) is 6.96. The van der Waals surface area contributed by atoms with E-state index >= 15 is 0 Å². The van der Waals surface area contributed by atoms with Gasteiger partial charge in [-0.2, -0.15) is 0 Å². The molecule has 1 aromatic rings. The standard InChI is InChI=1S/C14H20N2O2S.ClH/c15-13-4-1-5-14-12(13)3-2-9-16(14)19(17,18)10-8-11-6-7-11;/h1,4-5,11H,2-3,6-10,15H2;1H. The molecule has 1 fully saturated rings. The smallest absolute Gasteiger partial charge is 0.235 e. The molecule has 2 N–H and O–H groups in total. The highest BCUT2D eigenvalue weighted by Gasteiger charge is 2.30. The van der Waals surface area contributed by atoms with Crippen LogP contribution in [0.3, 0.4) is 0 Å². The second kappa shape index (κ2) is 5.82. The Balaban J connectivity index is 0.00000147. The summed E-state index contributed by atoms with van der Waals surface area (Å²) in [4.78, 5) is 0. The molecule has 1 aliphatic carbocycles. The number of halogens is 1. The van der Waals surface area contributed by atoms with Gasteiger partial charge >= 0.3 is 0 Å². The average Bonchev–Trinajstić information content (AvgIpc) is 3.20. The van der Waals surface area contributed by atoms with Crippen LogP contribution in [0.4, 0.5) is 11.4 Å². The van der Waals surface area contributed by atoms with E-state index in [1.165, 1.54) is 12.8 Å². The maximum atomic E-state index is 12.5. The van der Waals surface area contributed by atoms with Crippen molar-refractivity contribution < 1.29 is 8.42 Å². The van der Waals surface area contributed by atoms with Crippen molar-refractivity contribution in [1.82, 2.24) is 0 Å². The lowest BCUT2D eigenvalue weighted by Crippen LogP contribution is -2.37. The van der Waals surface area contributed by atoms with E-state index in [2.05, 4.69) is 0 Å². The third-order valence-corrected chi connectivity index (χ3v) is 5.86. The number of rotatable bonds is 4. The molecular formula is C14H21ClN2O2S. The minimum atomic E-state index is -3.19. The van der Waals surface area contributed by atoms with Gasteiger partial charge in [0, 0.05) is 12.2 Å². The van der Waals surface area contributed by atoms with E-state index in [0.717, 1.165) is 30.5 Å². The molecule has 0 unspecified atom stereocenters. The van der Waals surface area contributed by atoms with Gasteiger partial charge in [0.25, 0.3) is 0 Å². The average molecular weight is 317 g/mol. The van der Waals surface area contributed by atoms with Gasteiger partial charge in [-0.15, -0.1) is 12.4 Å². The van der Waals surface area contributed by atoms with E-state index in [1.54, 1.807) is 4.31 Å². The third-order valence-electron chi connectivity index (χ3n) is 4.06. The van der Waals surface area contributed by atoms with Crippen LogP contribution in [0.15, 0.2) is 18.2 Å². The zero-order valence-electron chi connectivity index (χ0n) is 11.4. The lowest BCUT2D eigenvalue weighted by atomic mass is 10.0. The molecule has 1 heterocycles. The summed E-state index contributed by atoms with van der Waals surface area (Å²) in [7, 11) is -3.19. The topological polar surface area (TPSA) is 63.4 Å². The summed E-state index contributed by atoms with van der Waals surface area (Å²) < 4.78 is 26.5. The molecule has 0 spiro atoms. The van der Waals surface area contributed by atoms with Crippen LogP contribution in [0.25, 0.3) is 0 Å². The Morgan fingerprint density at radius 3 is 2.75 bits per heavy atom. The zero-order chi connectivity index (χ0) is 13.5. The highest BCUT2D eigenvalue weighted by Crippen LogP contribution is 2.36. The SMILES string of the molecule is Cl.Nc1cccc2c1CCCN2S(=O)(=O)CCC1CC1. The molecule has 6 heteroatoms. The number of anilines is 2. The number of nitrogen functional groups attached to an aromatic ring is 1. The molecule has 2 aliphatic rings. The van der Waals surface area contributed by atoms with E-state index in [4.69, 9.17) is 5.73 Å². The third kappa shape index (κ3) is 3.04. The van der Waals surface area contributed by atoms with Crippen LogP contribution < -0.4 is 10.0 Å². The first-order chi connectivity index (χ1) is 9.08. The van der Waals surface area contributed by atoms with Gasteiger partial charge in [0.1, 0.15) is 0 Å². The Hall–Kier alpha value is -0.940. The fraction of sp³-hybridized carbons (Fsp3) is 0.571. The van der Waals surface area contributed by atoms with Gasteiger partial charge in [-0.1, -0.05) is 18.9 Å². The summed E-state index contributed by atoms with van der Waals surface area (Å²) in [6.07, 6.45) is 4.91. The molecule has 0 saturated heterocycles. The van der Waals surface area contributed by atoms with Crippen LogP contribution in [0.2, 0.25) is 0 Å². The van der Waals surface area contributed by atoms with E-state index in [0.29, 0.717) is 18.2 Å². The minimum Gasteiger partial charge on any atom is -0.398 e. The van der Waals surface area contributed by atoms with E-state index in [9.17, 15) is 8.42 Å². The van der Waals surface area contributed by atoms with Crippen LogP contribution in [0, 0.1) is 5.92 Å². The quantitative estimate of drug-likeness (QED) is 0.868. The van der Waals surface area contributed by atoms with E-state index in [1.807, 2.05) is 18.2 Å². The summed E-state index contributed by atoms with van der Waals surface area (Å²) in [6, 6.07) is 5.56. The van der Waals surface area contributed by atoms with Crippen molar-refractivity contribution in [2.45, 2.75) is 32.1 Å². The van der Waals surface area contributed by atoms with Crippen molar-refractivity contribution in [2.75, 3.05) is 22.3 Å². The fourth-order valence-corrected chi connectivity index (χ4v) is 4.47. The highest BCUT2D eigenvalue weighted by molar-refractivity contribution is 7.92. The summed E-state index contributed by atoms with van der Waals surface area (Å²) in [5.74, 6) is 0.909. The van der Waals surface area contributed by atoms with Gasteiger partial charge in [-0.25, -0.2) is 8.42 Å². The van der Waals surface area contributed by atoms with Gasteiger partial charge in [0.05, 0.1) is 11.4 Å². The van der Waals surface area contributed by atoms with Gasteiger partial charge in [0.2, 0.25) is 10.0 Å². The van der Waals surface area contributed by atoms with Gasteiger partial charge in [-0.05, 0) is 42.9 Å². The Kier molecular flexibility index (Phi) is 4.49. The molecular weight excluding hydrogens is 296 g/mol. The first-order valence-corrected chi connectivity index (χ1v) is 8.56. The van der Waals surface area contributed by atoms with Gasteiger partial charge < -0.3 is 5.73 Å². The molecule has 4 nitrogen and oxygen atoms in total. The second-order valence-electron chi connectivity index (χ2n) is 5.57. The number of nitrogens with two attached hydrogens (primary N) is 1. The highest BCUT2D eigenvalue weighted by atomic mass is 35.5. The van der Waals surface area contributed by atoms with Crippen molar-refractivity contribution in [3.05, 3.63) is 23.8 Å². The van der Waals surface area contributed by atoms with Crippen LogP contribution >= 0.6 is 12.4 Å². The monoisotopic (exact) mass is 316 g/mol. The lowest BCUT2D eigenvalue weighted by Gasteiger charge is -2.31. The van der Waals surface area contributed by atoms with Crippen molar-refractivity contribution >= 4 is 33.8 Å². The Morgan fingerprint density at radius 2 is 2.05 bits per heavy atom. The summed E-state index contributed by atoms with van der Waals surface area (Å²) >= 11 is 0. The molecule has 1 aromatic carbocycles. The maximum absolute atomic E-state index is 12.5. The Morgan fingerprint density at radius 1 is 1.30 bits per heavy atom. The molecule has 0 amide bonds. The lowest BCUT2D eigenvalue weighted by molar-refractivity contribution is 0.581. The van der Waals surface area contributed by atoms with Gasteiger partial charge in [-0.3, -0.25) is 4.31 Å². The number of sulfonamides is 1. The summed E-state index contributed by atoms with van der Waals surface area (Å²) in [5, 5.41) is 0. The predicted octanol–water partition coefficient (Wildman–Crippen LogP) is 2.57. The molecule has 3 rings (SSSR count). The van der Waals surface area contributed by atoms with Crippen molar-refractivity contribution in [3.8, 4) is 0 Å². The fourth-order valence-electron chi connectivity index (χ4n) is 2.74. The Bertz CT molecular complexity index is 585. The van der Waals surface area contributed by atoms with Crippen molar-refractivity contribution in [3.63, 3.8) is 0 Å². The van der Waals surface area contributed by atoms with E-state index < -0.39 is 10.0 Å². The number of hydrogen-bond acceptors (Lipinski definition) is 3. The van der Waals surface area contributed by atoms with Crippen LogP contribution in [-0.2, 0) is 16.4 Å². The number of fused-ring (bicyclic) bond motifs is 1. The predicted molar refractivity (Wildman–Crippen MR) is 84.9 cm³/mol. The normalized spacial score (nSPS) is 18.3. The first kappa shape index (κ1) is 15.4. The maximum Gasteiger partial charge on any atom is 0.235 e. The molecule has 0 radical (unpaired) electrons.